The molecule has 4 aliphatic rings. The van der Waals surface area contributed by atoms with Crippen LogP contribution in [0.5, 0.6) is 0 Å². The molecule has 3 aliphatic heterocycles. The SMILES string of the molecule is C1CO1.C=CP(=O)(OCC)OCC.CCOP(=O)(CCOCCOCCOCCOC1CCCCO1)OCC.OCCOC1CCCCO1.[K+].c1ccc2c(c1)CCCC2. The maximum Gasteiger partial charge on any atom is 1.00 e. The van der Waals surface area contributed by atoms with Gasteiger partial charge in [-0.15, -0.1) is 0 Å². The minimum atomic E-state index is -3.01. The molecule has 2 unspecified atom stereocenters. The standard InChI is InChI=1S/C17H35O8P.C10H12.C7H14O3.C6H13O3P.C2H4O.K/c1-3-24-26(18,25-4-2)16-15-21-12-11-19-9-10-20-13-14-23-17-7-5-6-8-22-17;1-2-6-10-8-4-3-7-9(10)5-1;8-4-6-10-7-3-1-2-5-9-7;1-4-8-10(7,6-3)9-5-2;1-2-3-1;/h17H,3-16H2,1-2H3;1-2,5-6H,3-4,7-8H2;7-8H,1-6H2;6H,3-5H2,1-2H3;1-2H2;/q;;;;;+1. The molecule has 1 aromatic carbocycles. The van der Waals surface area contributed by atoms with Gasteiger partial charge in [0.15, 0.2) is 12.6 Å². The quantitative estimate of drug-likeness (QED) is 0.0577. The second-order valence-electron chi connectivity index (χ2n) is 13.2. The molecule has 18 heteroatoms. The molecular weight excluding hydrogens is 845 g/mol. The van der Waals surface area contributed by atoms with Gasteiger partial charge >= 0.3 is 66.6 Å². The number of epoxide rings is 1. The molecule has 1 N–H and O–H groups in total. The summed E-state index contributed by atoms with van der Waals surface area (Å²) in [4.78, 5) is 0. The molecule has 3 fully saturated rings. The first kappa shape index (κ1) is 60.5. The van der Waals surface area contributed by atoms with E-state index in [2.05, 4.69) is 35.6 Å². The maximum atomic E-state index is 12.2. The van der Waals surface area contributed by atoms with Crippen molar-refractivity contribution in [3.05, 3.63) is 47.8 Å². The molecule has 5 rings (SSSR count). The van der Waals surface area contributed by atoms with Crippen LogP contribution in [0.2, 0.25) is 0 Å². The largest absolute Gasteiger partial charge is 1.00 e. The van der Waals surface area contributed by atoms with Gasteiger partial charge in [0.05, 0.1) is 105 Å². The van der Waals surface area contributed by atoms with Crippen LogP contribution in [0.15, 0.2) is 36.7 Å². The first-order chi connectivity index (χ1) is 28.8. The number of hydrogen-bond donors (Lipinski definition) is 1. The van der Waals surface area contributed by atoms with E-state index in [4.69, 9.17) is 56.4 Å². The molecule has 346 valence electrons. The summed E-state index contributed by atoms with van der Waals surface area (Å²) in [5.74, 6) is 1.22. The van der Waals surface area contributed by atoms with Crippen LogP contribution in [0.4, 0.5) is 0 Å². The molecule has 15 nitrogen and oxygen atoms in total. The second-order valence-corrected chi connectivity index (χ2v) is 17.4. The van der Waals surface area contributed by atoms with E-state index in [1.54, 1.807) is 38.8 Å². The normalized spacial score (nSPS) is 18.2. The van der Waals surface area contributed by atoms with E-state index in [1.807, 2.05) is 0 Å². The Bertz CT molecular complexity index is 1160. The number of hydrogen-bond acceptors (Lipinski definition) is 15. The van der Waals surface area contributed by atoms with Crippen LogP contribution in [-0.4, -0.2) is 136 Å². The molecule has 3 heterocycles. The van der Waals surface area contributed by atoms with Crippen molar-refractivity contribution in [2.24, 2.45) is 0 Å². The molecule has 1 aliphatic carbocycles. The topological polar surface area (TPSA) is 168 Å². The third-order valence-electron chi connectivity index (χ3n) is 8.41. The summed E-state index contributed by atoms with van der Waals surface area (Å²) in [7, 11) is -5.95. The van der Waals surface area contributed by atoms with Crippen molar-refractivity contribution in [3.8, 4) is 0 Å². The Morgan fingerprint density at radius 1 is 0.633 bits per heavy atom. The van der Waals surface area contributed by atoms with Gasteiger partial charge in [0.2, 0.25) is 0 Å². The van der Waals surface area contributed by atoms with Crippen LogP contribution in [0.3, 0.4) is 0 Å². The van der Waals surface area contributed by atoms with E-state index in [-0.39, 0.29) is 76.7 Å². The van der Waals surface area contributed by atoms with Gasteiger partial charge in [-0.2, -0.15) is 0 Å². The van der Waals surface area contributed by atoms with Gasteiger partial charge in [0, 0.05) is 19.0 Å². The van der Waals surface area contributed by atoms with Gasteiger partial charge in [-0.05, 0) is 103 Å². The maximum absolute atomic E-state index is 12.2. The predicted molar refractivity (Wildman–Crippen MR) is 229 cm³/mol. The smallest absolute Gasteiger partial charge is 0.394 e. The molecule has 0 bridgehead atoms. The summed E-state index contributed by atoms with van der Waals surface area (Å²) >= 11 is 0. The van der Waals surface area contributed by atoms with E-state index >= 15 is 0 Å². The first-order valence-electron chi connectivity index (χ1n) is 21.6. The Kier molecular flexibility index (Phi) is 42.6. The van der Waals surface area contributed by atoms with Crippen LogP contribution < -0.4 is 51.4 Å². The van der Waals surface area contributed by atoms with Gasteiger partial charge < -0.3 is 61.1 Å². The first-order valence-corrected chi connectivity index (χ1v) is 25.0. The average Bonchev–Trinajstić information content (AvgIpc) is 4.16. The number of aliphatic hydroxyl groups excluding tert-OH is 1. The monoisotopic (exact) mass is 923 g/mol. The fourth-order valence-electron chi connectivity index (χ4n) is 5.56. The van der Waals surface area contributed by atoms with Crippen LogP contribution in [-0.2, 0) is 78.0 Å². The Balaban J connectivity index is 0.000000836. The average molecular weight is 924 g/mol. The Hall–Kier alpha value is 0.536. The third-order valence-corrected chi connectivity index (χ3v) is 12.1. The molecular formula is C42H78KO15P2+. The number of fused-ring (bicyclic) bond motifs is 1. The van der Waals surface area contributed by atoms with Crippen LogP contribution in [0.25, 0.3) is 0 Å². The van der Waals surface area contributed by atoms with Gasteiger partial charge in [-0.3, -0.25) is 9.13 Å². The molecule has 0 amide bonds. The predicted octanol–water partition coefficient (Wildman–Crippen LogP) is 5.35. The zero-order valence-electron chi connectivity index (χ0n) is 37.6. The summed E-state index contributed by atoms with van der Waals surface area (Å²) in [6.07, 6.45) is 12.0. The number of benzene rings is 1. The molecule has 0 spiro atoms. The van der Waals surface area contributed by atoms with Crippen molar-refractivity contribution in [2.45, 2.75) is 104 Å². The van der Waals surface area contributed by atoms with Gasteiger partial charge in [-0.1, -0.05) is 30.8 Å². The fraction of sp³-hybridized carbons (Fsp3) is 0.810. The zero-order valence-corrected chi connectivity index (χ0v) is 42.5. The Labute approximate surface area is 404 Å². The van der Waals surface area contributed by atoms with Crippen LogP contribution in [0.1, 0.15) is 90.2 Å². The number of ether oxygens (including phenoxy) is 8. The second kappa shape index (κ2) is 42.2. The van der Waals surface area contributed by atoms with E-state index in [0.29, 0.717) is 79.3 Å². The van der Waals surface area contributed by atoms with E-state index < -0.39 is 15.2 Å². The van der Waals surface area contributed by atoms with Crippen molar-refractivity contribution >= 4 is 15.2 Å². The molecule has 2 atom stereocenters. The number of rotatable bonds is 25. The van der Waals surface area contributed by atoms with Crippen molar-refractivity contribution in [1.82, 2.24) is 0 Å². The summed E-state index contributed by atoms with van der Waals surface area (Å²) in [5, 5.41) is 8.42. The van der Waals surface area contributed by atoms with Crippen molar-refractivity contribution in [3.63, 3.8) is 0 Å². The van der Waals surface area contributed by atoms with Crippen molar-refractivity contribution in [1.29, 1.82) is 0 Å². The minimum Gasteiger partial charge on any atom is -0.394 e. The van der Waals surface area contributed by atoms with Gasteiger partial charge in [-0.25, -0.2) is 0 Å². The Morgan fingerprint density at radius 2 is 1.07 bits per heavy atom. The molecule has 0 radical (unpaired) electrons. The third kappa shape index (κ3) is 34.9. The summed E-state index contributed by atoms with van der Waals surface area (Å²) in [6, 6.07) is 8.80. The van der Waals surface area contributed by atoms with E-state index in [1.165, 1.54) is 37.9 Å². The molecule has 3 saturated heterocycles. The molecule has 0 saturated carbocycles. The molecule has 1 aromatic rings. The zero-order chi connectivity index (χ0) is 43.1. The van der Waals surface area contributed by atoms with Crippen LogP contribution in [0, 0.1) is 0 Å². The summed E-state index contributed by atoms with van der Waals surface area (Å²) < 4.78 is 85.6. The van der Waals surface area contributed by atoms with Crippen LogP contribution >= 0.6 is 15.2 Å². The number of aryl methyl sites for hydroxylation is 2. The summed E-state index contributed by atoms with van der Waals surface area (Å²) in [6.45, 7) is 19.3. The number of aliphatic hydroxyl groups is 1. The van der Waals surface area contributed by atoms with Gasteiger partial charge in [0.25, 0.3) is 0 Å². The fourth-order valence-corrected chi connectivity index (χ4v) is 8.04. The molecule has 0 aromatic heterocycles. The van der Waals surface area contributed by atoms with Crippen molar-refractivity contribution < 1.29 is 122 Å². The molecule has 60 heavy (non-hydrogen) atoms. The van der Waals surface area contributed by atoms with E-state index in [9.17, 15) is 9.13 Å². The summed E-state index contributed by atoms with van der Waals surface area (Å²) in [5.41, 5.74) is 3.16. The van der Waals surface area contributed by atoms with Crippen molar-refractivity contribution in [2.75, 3.05) is 118 Å². The Morgan fingerprint density at radius 3 is 1.45 bits per heavy atom. The van der Waals surface area contributed by atoms with E-state index in [0.717, 1.165) is 58.5 Å². The minimum absolute atomic E-state index is 0. The van der Waals surface area contributed by atoms with Gasteiger partial charge in [0.1, 0.15) is 0 Å².